The van der Waals surface area contributed by atoms with Gasteiger partial charge in [0.15, 0.2) is 5.60 Å². The molecule has 0 saturated carbocycles. The average molecular weight is 395 g/mol. The molecule has 1 aromatic heterocycles. The number of benzene rings is 2. The lowest BCUT2D eigenvalue weighted by atomic mass is 9.77. The van der Waals surface area contributed by atoms with Crippen LogP contribution in [0, 0.1) is 0 Å². The van der Waals surface area contributed by atoms with Crippen LogP contribution in [0.4, 0.5) is 0 Å². The van der Waals surface area contributed by atoms with Gasteiger partial charge in [0.25, 0.3) is 5.01 Å². The van der Waals surface area contributed by atoms with Gasteiger partial charge < -0.3 is 4.74 Å². The van der Waals surface area contributed by atoms with Gasteiger partial charge in [0.05, 0.1) is 5.56 Å². The Morgan fingerprint density at radius 1 is 1.00 bits per heavy atom. The quantitative estimate of drug-likeness (QED) is 0.434. The second-order valence-electron chi connectivity index (χ2n) is 9.49. The van der Waals surface area contributed by atoms with Crippen molar-refractivity contribution in [2.24, 2.45) is 0 Å². The molecule has 3 aromatic rings. The Kier molecular flexibility index (Phi) is 4.39. The maximum Gasteiger partial charge on any atom is 0.274 e. The minimum atomic E-state index is -0.299. The molecule has 0 amide bonds. The third-order valence-electron chi connectivity index (χ3n) is 6.93. The SMILES string of the molecule is CCC1(C)Oc2cc(C(C)(C)C)ccc2-c2sc3ccccc3[n+]2C1(C)CC. The zero-order valence-electron chi connectivity index (χ0n) is 18.2. The van der Waals surface area contributed by atoms with Crippen LogP contribution in [-0.4, -0.2) is 5.60 Å². The summed E-state index contributed by atoms with van der Waals surface area (Å²) in [5.74, 6) is 1.02. The van der Waals surface area contributed by atoms with Crippen molar-refractivity contribution in [3.8, 4) is 16.3 Å². The molecule has 0 fully saturated rings. The summed E-state index contributed by atoms with van der Waals surface area (Å²) in [7, 11) is 0. The van der Waals surface area contributed by atoms with Gasteiger partial charge >= 0.3 is 0 Å². The van der Waals surface area contributed by atoms with Crippen LogP contribution < -0.4 is 9.30 Å². The second-order valence-corrected chi connectivity index (χ2v) is 10.5. The first kappa shape index (κ1) is 19.4. The number of para-hydroxylation sites is 1. The number of ether oxygens (including phenoxy) is 1. The Balaban J connectivity index is 2.11. The smallest absolute Gasteiger partial charge is 0.274 e. The van der Waals surface area contributed by atoms with Gasteiger partial charge in [-0.1, -0.05) is 64.2 Å². The maximum absolute atomic E-state index is 6.91. The van der Waals surface area contributed by atoms with Crippen LogP contribution in [0.1, 0.15) is 66.9 Å². The van der Waals surface area contributed by atoms with Gasteiger partial charge in [-0.25, -0.2) is 0 Å². The first-order chi connectivity index (χ1) is 13.1. The molecule has 2 atom stereocenters. The molecule has 0 spiro atoms. The predicted molar refractivity (Wildman–Crippen MR) is 119 cm³/mol. The molecule has 0 saturated heterocycles. The fraction of sp³-hybridized carbons (Fsp3) is 0.480. The van der Waals surface area contributed by atoms with Gasteiger partial charge in [-0.2, -0.15) is 4.57 Å². The predicted octanol–water partition coefficient (Wildman–Crippen LogP) is 6.84. The van der Waals surface area contributed by atoms with E-state index in [9.17, 15) is 0 Å². The fourth-order valence-corrected chi connectivity index (χ4v) is 5.77. The summed E-state index contributed by atoms with van der Waals surface area (Å²) in [6, 6.07) is 15.6. The number of hydrogen-bond donors (Lipinski definition) is 0. The van der Waals surface area contributed by atoms with E-state index < -0.39 is 0 Å². The lowest BCUT2D eigenvalue weighted by Crippen LogP contribution is -2.67. The highest BCUT2D eigenvalue weighted by atomic mass is 32.1. The average Bonchev–Trinajstić information content (AvgIpc) is 3.02. The molecule has 3 heteroatoms. The van der Waals surface area contributed by atoms with E-state index in [1.54, 1.807) is 0 Å². The first-order valence-corrected chi connectivity index (χ1v) is 11.2. The molecule has 0 bridgehead atoms. The van der Waals surface area contributed by atoms with Gasteiger partial charge in [-0.15, -0.1) is 0 Å². The first-order valence-electron chi connectivity index (χ1n) is 10.4. The normalized spacial score (nSPS) is 24.4. The molecule has 2 unspecified atom stereocenters. The van der Waals surface area contributed by atoms with Gasteiger partial charge in [0, 0.05) is 19.4 Å². The zero-order valence-corrected chi connectivity index (χ0v) is 19.0. The van der Waals surface area contributed by atoms with E-state index in [2.05, 4.69) is 95.5 Å². The summed E-state index contributed by atoms with van der Waals surface area (Å²) in [6.45, 7) is 16.0. The molecule has 0 N–H and O–H groups in total. The molecule has 1 aliphatic rings. The third kappa shape index (κ3) is 2.62. The summed E-state index contributed by atoms with van der Waals surface area (Å²) in [5, 5.41) is 1.30. The maximum atomic E-state index is 6.91. The lowest BCUT2D eigenvalue weighted by Gasteiger charge is -2.39. The summed E-state index contributed by atoms with van der Waals surface area (Å²) in [4.78, 5) is 0. The summed E-state index contributed by atoms with van der Waals surface area (Å²) < 4.78 is 10.8. The Labute approximate surface area is 173 Å². The van der Waals surface area contributed by atoms with Crippen LogP contribution in [-0.2, 0) is 11.0 Å². The number of thiazole rings is 1. The Morgan fingerprint density at radius 3 is 2.36 bits per heavy atom. The summed E-state index contributed by atoms with van der Waals surface area (Å²) >= 11 is 1.88. The summed E-state index contributed by atoms with van der Waals surface area (Å²) in [6.07, 6.45) is 1.96. The van der Waals surface area contributed by atoms with Crippen molar-refractivity contribution < 1.29 is 9.30 Å². The Morgan fingerprint density at radius 2 is 1.71 bits per heavy atom. The van der Waals surface area contributed by atoms with Gasteiger partial charge in [-0.05, 0) is 42.5 Å². The monoisotopic (exact) mass is 394 g/mol. The molecular formula is C25H32NOS+. The minimum absolute atomic E-state index is 0.0947. The van der Waals surface area contributed by atoms with Crippen molar-refractivity contribution in [1.82, 2.24) is 0 Å². The minimum Gasteiger partial charge on any atom is -0.479 e. The van der Waals surface area contributed by atoms with Crippen LogP contribution in [0.15, 0.2) is 42.5 Å². The van der Waals surface area contributed by atoms with Crippen molar-refractivity contribution in [1.29, 1.82) is 0 Å². The number of hydrogen-bond acceptors (Lipinski definition) is 2. The molecule has 0 aliphatic carbocycles. The zero-order chi connectivity index (χ0) is 20.3. The Hall–Kier alpha value is -1.87. The number of aromatic nitrogens is 1. The standard InChI is InChI=1S/C25H32NOS/c1-8-24(6)25(7,9-2)27-20-16-17(23(3,4)5)14-15-18(20)22-26(24)19-12-10-11-13-21(19)28-22/h10-16H,8-9H2,1-7H3/q+1. The molecule has 2 heterocycles. The summed E-state index contributed by atoms with van der Waals surface area (Å²) in [5.41, 5.74) is 3.49. The van der Waals surface area contributed by atoms with Crippen LogP contribution in [0.2, 0.25) is 0 Å². The Bertz CT molecular complexity index is 1040. The largest absolute Gasteiger partial charge is 0.479 e. The highest BCUT2D eigenvalue weighted by molar-refractivity contribution is 7.21. The van der Waals surface area contributed by atoms with E-state index in [0.717, 1.165) is 18.6 Å². The van der Waals surface area contributed by atoms with E-state index in [-0.39, 0.29) is 16.6 Å². The molecule has 0 radical (unpaired) electrons. The van der Waals surface area contributed by atoms with Crippen molar-refractivity contribution in [3.63, 3.8) is 0 Å². The molecule has 2 aromatic carbocycles. The van der Waals surface area contributed by atoms with Crippen molar-refractivity contribution >= 4 is 21.6 Å². The van der Waals surface area contributed by atoms with Crippen molar-refractivity contribution in [3.05, 3.63) is 48.0 Å². The van der Waals surface area contributed by atoms with Gasteiger partial charge in [-0.3, -0.25) is 0 Å². The molecule has 1 aliphatic heterocycles. The van der Waals surface area contributed by atoms with Crippen molar-refractivity contribution in [2.45, 2.75) is 77.9 Å². The second kappa shape index (κ2) is 6.32. The van der Waals surface area contributed by atoms with E-state index in [4.69, 9.17) is 4.74 Å². The molecule has 28 heavy (non-hydrogen) atoms. The third-order valence-corrected chi connectivity index (χ3v) is 8.09. The lowest BCUT2D eigenvalue weighted by molar-refractivity contribution is -0.740. The highest BCUT2D eigenvalue weighted by Gasteiger charge is 2.57. The molecular weight excluding hydrogens is 362 g/mol. The van der Waals surface area contributed by atoms with Gasteiger partial charge in [0.1, 0.15) is 10.4 Å². The number of fused-ring (bicyclic) bond motifs is 5. The number of rotatable bonds is 2. The van der Waals surface area contributed by atoms with E-state index >= 15 is 0 Å². The molecule has 2 nitrogen and oxygen atoms in total. The fourth-order valence-electron chi connectivity index (χ4n) is 4.48. The number of nitrogens with zero attached hydrogens (tertiary/aromatic N) is 1. The van der Waals surface area contributed by atoms with Crippen LogP contribution in [0.25, 0.3) is 20.8 Å². The topological polar surface area (TPSA) is 13.1 Å². The van der Waals surface area contributed by atoms with Crippen LogP contribution in [0.3, 0.4) is 0 Å². The molecule has 148 valence electrons. The van der Waals surface area contributed by atoms with E-state index in [0.29, 0.717) is 0 Å². The van der Waals surface area contributed by atoms with Crippen molar-refractivity contribution in [2.75, 3.05) is 0 Å². The van der Waals surface area contributed by atoms with E-state index in [1.165, 1.54) is 26.4 Å². The molecule has 4 rings (SSSR count). The van der Waals surface area contributed by atoms with E-state index in [1.807, 2.05) is 11.3 Å². The highest BCUT2D eigenvalue weighted by Crippen LogP contribution is 2.47. The van der Waals surface area contributed by atoms with Crippen LogP contribution >= 0.6 is 11.3 Å². The van der Waals surface area contributed by atoms with Crippen LogP contribution in [0.5, 0.6) is 5.75 Å². The van der Waals surface area contributed by atoms with Gasteiger partial charge in [0.2, 0.25) is 11.1 Å².